The summed E-state index contributed by atoms with van der Waals surface area (Å²) in [4.78, 5) is 16.0. The highest BCUT2D eigenvalue weighted by Gasteiger charge is 2.17. The van der Waals surface area contributed by atoms with Crippen molar-refractivity contribution in [3.63, 3.8) is 0 Å². The molecule has 1 aromatic carbocycles. The predicted molar refractivity (Wildman–Crippen MR) is 77.5 cm³/mol. The first kappa shape index (κ1) is 12.4. The van der Waals surface area contributed by atoms with Crippen molar-refractivity contribution in [2.45, 2.75) is 0 Å². The molecule has 0 aliphatic carbocycles. The average molecular weight is 266 g/mol. The van der Waals surface area contributed by atoms with Crippen LogP contribution < -0.4 is 0 Å². The summed E-state index contributed by atoms with van der Waals surface area (Å²) in [6.07, 6.45) is 5.30. The molecular formula is C16H14N2O2. The number of pyridine rings is 1. The van der Waals surface area contributed by atoms with Crippen LogP contribution in [0.4, 0.5) is 0 Å². The second-order valence-electron chi connectivity index (χ2n) is 4.58. The Bertz CT molecular complexity index is 776. The number of hydrogen-bond donors (Lipinski definition) is 0. The first-order valence-electron chi connectivity index (χ1n) is 6.29. The monoisotopic (exact) mass is 266 g/mol. The number of fused-ring (bicyclic) bond motifs is 1. The van der Waals surface area contributed by atoms with Crippen LogP contribution in [-0.2, 0) is 11.8 Å². The highest BCUT2D eigenvalue weighted by Crippen LogP contribution is 2.32. The van der Waals surface area contributed by atoms with Gasteiger partial charge in [-0.3, -0.25) is 4.98 Å². The summed E-state index contributed by atoms with van der Waals surface area (Å²) >= 11 is 0. The minimum absolute atomic E-state index is 0.322. The molecule has 0 unspecified atom stereocenters. The molecule has 4 heteroatoms. The van der Waals surface area contributed by atoms with Crippen LogP contribution in [0.2, 0.25) is 0 Å². The molecule has 2 aromatic heterocycles. The van der Waals surface area contributed by atoms with Crippen molar-refractivity contribution in [2.24, 2.45) is 7.05 Å². The van der Waals surface area contributed by atoms with Crippen LogP contribution in [-0.4, -0.2) is 22.6 Å². The number of nitrogens with zero attached hydrogens (tertiary/aromatic N) is 2. The molecule has 0 aliphatic rings. The Balaban J connectivity index is 2.36. The lowest BCUT2D eigenvalue weighted by Crippen LogP contribution is -2.00. The third-order valence-corrected chi connectivity index (χ3v) is 3.41. The van der Waals surface area contributed by atoms with Crippen molar-refractivity contribution in [3.05, 3.63) is 54.5 Å². The lowest BCUT2D eigenvalue weighted by molar-refractivity contribution is 0.0603. The third-order valence-electron chi connectivity index (χ3n) is 3.41. The smallest absolute Gasteiger partial charge is 0.340 e. The molecule has 4 nitrogen and oxygen atoms in total. The standard InChI is InChI=1S/C16H14N2O2/c1-18-10-13(16(19)20-2)15-12(4-3-5-14(15)18)11-6-8-17-9-7-11/h3-10H,1-2H3. The molecule has 0 N–H and O–H groups in total. The summed E-state index contributed by atoms with van der Waals surface area (Å²) in [5, 5.41) is 0.910. The maximum atomic E-state index is 12.0. The van der Waals surface area contributed by atoms with E-state index in [4.69, 9.17) is 4.74 Å². The van der Waals surface area contributed by atoms with Gasteiger partial charge in [-0.1, -0.05) is 12.1 Å². The Labute approximate surface area is 116 Å². The van der Waals surface area contributed by atoms with Gasteiger partial charge < -0.3 is 9.30 Å². The van der Waals surface area contributed by atoms with E-state index in [-0.39, 0.29) is 5.97 Å². The summed E-state index contributed by atoms with van der Waals surface area (Å²) in [5.74, 6) is -0.322. The SMILES string of the molecule is COC(=O)c1cn(C)c2cccc(-c3ccncc3)c12. The Kier molecular flexibility index (Phi) is 2.99. The molecule has 0 aliphatic heterocycles. The lowest BCUT2D eigenvalue weighted by Gasteiger charge is -2.06. The molecule has 20 heavy (non-hydrogen) atoms. The zero-order valence-electron chi connectivity index (χ0n) is 11.3. The molecule has 0 spiro atoms. The summed E-state index contributed by atoms with van der Waals surface area (Å²) in [7, 11) is 3.32. The van der Waals surface area contributed by atoms with Gasteiger partial charge in [0.25, 0.3) is 0 Å². The first-order chi connectivity index (χ1) is 9.72. The molecule has 100 valence electrons. The van der Waals surface area contributed by atoms with Gasteiger partial charge in [-0.25, -0.2) is 4.79 Å². The number of ether oxygens (including phenoxy) is 1. The van der Waals surface area contributed by atoms with Gasteiger partial charge in [-0.15, -0.1) is 0 Å². The van der Waals surface area contributed by atoms with Gasteiger partial charge in [0.15, 0.2) is 0 Å². The molecule has 0 atom stereocenters. The van der Waals surface area contributed by atoms with Crippen LogP contribution in [0.3, 0.4) is 0 Å². The van der Waals surface area contributed by atoms with Crippen molar-refractivity contribution in [1.29, 1.82) is 0 Å². The number of esters is 1. The van der Waals surface area contributed by atoms with E-state index in [0.717, 1.165) is 22.0 Å². The van der Waals surface area contributed by atoms with E-state index < -0.39 is 0 Å². The molecule has 0 saturated heterocycles. The number of aryl methyl sites for hydroxylation is 1. The number of rotatable bonds is 2. The van der Waals surface area contributed by atoms with Crippen molar-refractivity contribution < 1.29 is 9.53 Å². The van der Waals surface area contributed by atoms with Crippen LogP contribution in [0.5, 0.6) is 0 Å². The van der Waals surface area contributed by atoms with E-state index >= 15 is 0 Å². The average Bonchev–Trinajstić information content (AvgIpc) is 2.85. The minimum Gasteiger partial charge on any atom is -0.465 e. The molecule has 0 amide bonds. The summed E-state index contributed by atoms with van der Waals surface area (Å²) in [6.45, 7) is 0. The number of carbonyl (C=O) groups excluding carboxylic acids is 1. The number of methoxy groups -OCH3 is 1. The Hall–Kier alpha value is -2.62. The quantitative estimate of drug-likeness (QED) is 0.670. The van der Waals surface area contributed by atoms with E-state index in [2.05, 4.69) is 4.98 Å². The van der Waals surface area contributed by atoms with Gasteiger partial charge in [0, 0.05) is 36.5 Å². The maximum Gasteiger partial charge on any atom is 0.340 e. The van der Waals surface area contributed by atoms with Crippen molar-refractivity contribution in [3.8, 4) is 11.1 Å². The minimum atomic E-state index is -0.322. The zero-order valence-corrected chi connectivity index (χ0v) is 11.3. The largest absolute Gasteiger partial charge is 0.465 e. The first-order valence-corrected chi connectivity index (χ1v) is 6.29. The van der Waals surface area contributed by atoms with Gasteiger partial charge in [-0.05, 0) is 29.3 Å². The Morgan fingerprint density at radius 2 is 1.95 bits per heavy atom. The van der Waals surface area contributed by atoms with Crippen LogP contribution in [0, 0.1) is 0 Å². The number of aromatic nitrogens is 2. The van der Waals surface area contributed by atoms with Gasteiger partial charge >= 0.3 is 5.97 Å². The van der Waals surface area contributed by atoms with Crippen LogP contribution in [0.25, 0.3) is 22.0 Å². The fourth-order valence-electron chi connectivity index (χ4n) is 2.48. The molecule has 3 rings (SSSR count). The maximum absolute atomic E-state index is 12.0. The highest BCUT2D eigenvalue weighted by molar-refractivity contribution is 6.10. The molecule has 0 radical (unpaired) electrons. The fourth-order valence-corrected chi connectivity index (χ4v) is 2.48. The van der Waals surface area contributed by atoms with Gasteiger partial charge in [0.2, 0.25) is 0 Å². The second kappa shape index (κ2) is 4.81. The van der Waals surface area contributed by atoms with Crippen molar-refractivity contribution in [2.75, 3.05) is 7.11 Å². The summed E-state index contributed by atoms with van der Waals surface area (Å²) in [5.41, 5.74) is 3.62. The normalized spacial score (nSPS) is 10.7. The van der Waals surface area contributed by atoms with E-state index in [9.17, 15) is 4.79 Å². The zero-order chi connectivity index (χ0) is 14.1. The number of benzene rings is 1. The van der Waals surface area contributed by atoms with Crippen LogP contribution in [0.1, 0.15) is 10.4 Å². The molecule has 0 bridgehead atoms. The second-order valence-corrected chi connectivity index (χ2v) is 4.58. The topological polar surface area (TPSA) is 44.1 Å². The summed E-state index contributed by atoms with van der Waals surface area (Å²) in [6, 6.07) is 9.85. The molecule has 0 fully saturated rings. The molecule has 3 aromatic rings. The number of hydrogen-bond acceptors (Lipinski definition) is 3. The Morgan fingerprint density at radius 3 is 2.65 bits per heavy atom. The number of carbonyl (C=O) groups is 1. The van der Waals surface area contributed by atoms with Crippen LogP contribution >= 0.6 is 0 Å². The van der Waals surface area contributed by atoms with Crippen molar-refractivity contribution in [1.82, 2.24) is 9.55 Å². The summed E-state index contributed by atoms with van der Waals surface area (Å²) < 4.78 is 6.82. The molecule has 2 heterocycles. The fraction of sp³-hybridized carbons (Fsp3) is 0.125. The van der Waals surface area contributed by atoms with Gasteiger partial charge in [0.05, 0.1) is 12.7 Å². The van der Waals surface area contributed by atoms with E-state index in [0.29, 0.717) is 5.56 Å². The Morgan fingerprint density at radius 1 is 1.20 bits per heavy atom. The lowest BCUT2D eigenvalue weighted by atomic mass is 10.00. The molecule has 0 saturated carbocycles. The molecular weight excluding hydrogens is 252 g/mol. The highest BCUT2D eigenvalue weighted by atomic mass is 16.5. The predicted octanol–water partition coefficient (Wildman–Crippen LogP) is 3.03. The van der Waals surface area contributed by atoms with E-state index in [1.54, 1.807) is 18.6 Å². The van der Waals surface area contributed by atoms with E-state index in [1.807, 2.05) is 41.9 Å². The van der Waals surface area contributed by atoms with Gasteiger partial charge in [0.1, 0.15) is 0 Å². The van der Waals surface area contributed by atoms with Gasteiger partial charge in [-0.2, -0.15) is 0 Å². The third kappa shape index (κ3) is 1.86. The van der Waals surface area contributed by atoms with E-state index in [1.165, 1.54) is 7.11 Å². The van der Waals surface area contributed by atoms with Crippen LogP contribution in [0.15, 0.2) is 48.9 Å². The van der Waals surface area contributed by atoms with Crippen molar-refractivity contribution >= 4 is 16.9 Å².